The van der Waals surface area contributed by atoms with Gasteiger partial charge in [0.1, 0.15) is 22.9 Å². The highest BCUT2D eigenvalue weighted by Gasteiger charge is 2.31. The second kappa shape index (κ2) is 9.04. The van der Waals surface area contributed by atoms with E-state index in [4.69, 9.17) is 9.15 Å². The van der Waals surface area contributed by atoms with E-state index in [9.17, 15) is 9.59 Å². The second-order valence-corrected chi connectivity index (χ2v) is 9.13. The molecule has 1 aromatic heterocycles. The standard InChI is InChI=1S/C26H30N2O4/c1-27-10-12-28(13-11-27)9-2-14-31-20-5-7-21-18(15-20)3-8-25-26(21)23(17-32-25)22-6-4-19(29)16-24(22)30/h3,5,7-8,15,17,22H,2,4,6,9-14,16H2,1H3. The van der Waals surface area contributed by atoms with Crippen molar-refractivity contribution < 1.29 is 18.7 Å². The van der Waals surface area contributed by atoms with Crippen molar-refractivity contribution in [2.45, 2.75) is 31.6 Å². The molecular formula is C26H30N2O4. The Balaban J connectivity index is 1.30. The smallest absolute Gasteiger partial charge is 0.147 e. The molecule has 1 saturated heterocycles. The van der Waals surface area contributed by atoms with Gasteiger partial charge in [0, 0.05) is 56.0 Å². The molecule has 0 spiro atoms. The molecule has 0 N–H and O–H groups in total. The highest BCUT2D eigenvalue weighted by atomic mass is 16.5. The molecule has 0 amide bonds. The predicted octanol–water partition coefficient (Wildman–Crippen LogP) is 4.01. The van der Waals surface area contributed by atoms with Gasteiger partial charge in [-0.1, -0.05) is 6.07 Å². The van der Waals surface area contributed by atoms with Crippen LogP contribution >= 0.6 is 0 Å². The molecule has 168 valence electrons. The largest absolute Gasteiger partial charge is 0.494 e. The maximum atomic E-state index is 12.5. The number of likely N-dealkylation sites (N-methyl/N-ethyl adjacent to an activating group) is 1. The molecule has 2 aliphatic rings. The molecule has 1 unspecified atom stereocenters. The van der Waals surface area contributed by atoms with Gasteiger partial charge in [-0.2, -0.15) is 0 Å². The van der Waals surface area contributed by atoms with Crippen LogP contribution in [0.1, 0.15) is 37.2 Å². The van der Waals surface area contributed by atoms with Gasteiger partial charge in [0.2, 0.25) is 0 Å². The molecule has 6 heteroatoms. The van der Waals surface area contributed by atoms with Crippen LogP contribution in [0.3, 0.4) is 0 Å². The number of nitrogens with zero attached hydrogens (tertiary/aromatic N) is 2. The molecule has 2 aromatic carbocycles. The lowest BCUT2D eigenvalue weighted by Gasteiger charge is -2.32. The fourth-order valence-electron chi connectivity index (χ4n) is 4.97. The lowest BCUT2D eigenvalue weighted by molar-refractivity contribution is -0.130. The van der Waals surface area contributed by atoms with E-state index in [1.807, 2.05) is 18.2 Å². The van der Waals surface area contributed by atoms with Gasteiger partial charge in [0.25, 0.3) is 0 Å². The van der Waals surface area contributed by atoms with E-state index in [0.717, 1.165) is 72.2 Å². The van der Waals surface area contributed by atoms with Gasteiger partial charge in [-0.05, 0) is 54.9 Å². The third-order valence-electron chi connectivity index (χ3n) is 6.89. The molecule has 2 heterocycles. The van der Waals surface area contributed by atoms with Crippen LogP contribution in [0.2, 0.25) is 0 Å². The number of carbonyl (C=O) groups excluding carboxylic acids is 2. The van der Waals surface area contributed by atoms with Gasteiger partial charge in [0.15, 0.2) is 0 Å². The monoisotopic (exact) mass is 434 g/mol. The summed E-state index contributed by atoms with van der Waals surface area (Å²) < 4.78 is 11.8. The molecule has 1 aliphatic heterocycles. The molecule has 2 fully saturated rings. The Bertz CT molecular complexity index is 1140. The van der Waals surface area contributed by atoms with Crippen molar-refractivity contribution in [2.24, 2.45) is 0 Å². The van der Waals surface area contributed by atoms with Gasteiger partial charge in [-0.25, -0.2) is 0 Å². The maximum Gasteiger partial charge on any atom is 0.147 e. The molecule has 1 atom stereocenters. The van der Waals surface area contributed by atoms with Crippen molar-refractivity contribution in [1.29, 1.82) is 0 Å². The summed E-state index contributed by atoms with van der Waals surface area (Å²) in [5.41, 5.74) is 1.68. The van der Waals surface area contributed by atoms with E-state index in [1.54, 1.807) is 6.26 Å². The summed E-state index contributed by atoms with van der Waals surface area (Å²) in [7, 11) is 2.17. The van der Waals surface area contributed by atoms with Crippen LogP contribution in [0.5, 0.6) is 5.75 Å². The molecule has 3 aromatic rings. The van der Waals surface area contributed by atoms with Gasteiger partial charge in [0.05, 0.1) is 19.3 Å². The van der Waals surface area contributed by atoms with E-state index >= 15 is 0 Å². The summed E-state index contributed by atoms with van der Waals surface area (Å²) >= 11 is 0. The molecule has 0 bridgehead atoms. The fraction of sp³-hybridized carbons (Fsp3) is 0.462. The van der Waals surface area contributed by atoms with Crippen LogP contribution in [0, 0.1) is 0 Å². The van der Waals surface area contributed by atoms with E-state index in [1.165, 1.54) is 0 Å². The molecule has 5 rings (SSSR count). The summed E-state index contributed by atoms with van der Waals surface area (Å²) in [6.45, 7) is 6.30. The third-order valence-corrected chi connectivity index (χ3v) is 6.89. The number of ether oxygens (including phenoxy) is 1. The van der Waals surface area contributed by atoms with Gasteiger partial charge < -0.3 is 19.0 Å². The van der Waals surface area contributed by atoms with E-state index < -0.39 is 0 Å². The van der Waals surface area contributed by atoms with Crippen LogP contribution in [-0.4, -0.2) is 67.7 Å². The fourth-order valence-corrected chi connectivity index (χ4v) is 4.97. The van der Waals surface area contributed by atoms with Crippen LogP contribution < -0.4 is 4.74 Å². The normalized spacial score (nSPS) is 21.0. The van der Waals surface area contributed by atoms with E-state index in [2.05, 4.69) is 29.0 Å². The Morgan fingerprint density at radius 1 is 1.09 bits per heavy atom. The van der Waals surface area contributed by atoms with Crippen LogP contribution in [0.15, 0.2) is 41.0 Å². The average molecular weight is 435 g/mol. The Morgan fingerprint density at radius 2 is 1.94 bits per heavy atom. The molecule has 0 radical (unpaired) electrons. The van der Waals surface area contributed by atoms with Gasteiger partial charge in [-0.15, -0.1) is 0 Å². The van der Waals surface area contributed by atoms with Crippen LogP contribution in [0.4, 0.5) is 0 Å². The van der Waals surface area contributed by atoms with E-state index in [0.29, 0.717) is 19.4 Å². The first-order valence-corrected chi connectivity index (χ1v) is 11.6. The lowest BCUT2D eigenvalue weighted by atomic mass is 9.81. The Labute approximate surface area is 188 Å². The molecule has 6 nitrogen and oxygen atoms in total. The number of hydrogen-bond donors (Lipinski definition) is 0. The second-order valence-electron chi connectivity index (χ2n) is 9.13. The first kappa shape index (κ1) is 21.2. The zero-order valence-corrected chi connectivity index (χ0v) is 18.6. The first-order chi connectivity index (χ1) is 15.6. The number of ketones is 2. The van der Waals surface area contributed by atoms with E-state index in [-0.39, 0.29) is 23.9 Å². The lowest BCUT2D eigenvalue weighted by Crippen LogP contribution is -2.44. The molecule has 32 heavy (non-hydrogen) atoms. The van der Waals surface area contributed by atoms with Crippen molar-refractivity contribution in [3.05, 3.63) is 42.2 Å². The number of piperazine rings is 1. The number of fused-ring (bicyclic) bond motifs is 3. The molecule has 1 saturated carbocycles. The Kier molecular flexibility index (Phi) is 5.98. The van der Waals surface area contributed by atoms with Crippen molar-refractivity contribution in [3.63, 3.8) is 0 Å². The molecule has 1 aliphatic carbocycles. The number of benzene rings is 2. The minimum atomic E-state index is -0.259. The summed E-state index contributed by atoms with van der Waals surface area (Å²) in [6.07, 6.45) is 3.77. The van der Waals surface area contributed by atoms with Crippen LogP contribution in [0.25, 0.3) is 21.7 Å². The Hall–Kier alpha value is -2.70. The number of Topliss-reactive ketones (excluding diaryl/α,β-unsaturated/α-hetero) is 2. The van der Waals surface area contributed by atoms with Crippen molar-refractivity contribution >= 4 is 33.3 Å². The van der Waals surface area contributed by atoms with Crippen molar-refractivity contribution in [1.82, 2.24) is 9.80 Å². The summed E-state index contributed by atoms with van der Waals surface area (Å²) in [6, 6.07) is 10.1. The number of carbonyl (C=O) groups is 2. The third kappa shape index (κ3) is 4.30. The molecular weight excluding hydrogens is 404 g/mol. The SMILES string of the molecule is CN1CCN(CCCOc2ccc3c(ccc4occ(C5CCC(=O)CC5=O)c43)c2)CC1. The topological polar surface area (TPSA) is 63.0 Å². The summed E-state index contributed by atoms with van der Waals surface area (Å²) in [5, 5.41) is 3.11. The van der Waals surface area contributed by atoms with Gasteiger partial charge >= 0.3 is 0 Å². The van der Waals surface area contributed by atoms with Gasteiger partial charge in [-0.3, -0.25) is 9.59 Å². The minimum absolute atomic E-state index is 0.00116. The van der Waals surface area contributed by atoms with Crippen LogP contribution in [-0.2, 0) is 9.59 Å². The number of hydrogen-bond acceptors (Lipinski definition) is 6. The van der Waals surface area contributed by atoms with Crippen molar-refractivity contribution in [3.8, 4) is 5.75 Å². The predicted molar refractivity (Wildman–Crippen MR) is 124 cm³/mol. The highest BCUT2D eigenvalue weighted by molar-refractivity contribution is 6.11. The maximum absolute atomic E-state index is 12.5. The number of rotatable bonds is 6. The van der Waals surface area contributed by atoms with Crippen molar-refractivity contribution in [2.75, 3.05) is 46.4 Å². The average Bonchev–Trinajstić information content (AvgIpc) is 3.22. The first-order valence-electron chi connectivity index (χ1n) is 11.6. The zero-order chi connectivity index (χ0) is 22.1. The quantitative estimate of drug-likeness (QED) is 0.432. The summed E-state index contributed by atoms with van der Waals surface area (Å²) in [5.74, 6) is 0.643. The minimum Gasteiger partial charge on any atom is -0.494 e. The number of furan rings is 1. The Morgan fingerprint density at radius 3 is 2.75 bits per heavy atom. The summed E-state index contributed by atoms with van der Waals surface area (Å²) in [4.78, 5) is 29.0. The zero-order valence-electron chi connectivity index (χ0n) is 18.6. The highest BCUT2D eigenvalue weighted by Crippen LogP contribution is 2.38.